The summed E-state index contributed by atoms with van der Waals surface area (Å²) in [5.41, 5.74) is 6.23. The van der Waals surface area contributed by atoms with Crippen LogP contribution < -0.4 is 0 Å². The molecule has 0 bridgehead atoms. The average molecular weight is 383 g/mol. The van der Waals surface area contributed by atoms with Crippen molar-refractivity contribution < 1.29 is 14.9 Å². The van der Waals surface area contributed by atoms with Crippen molar-refractivity contribution in [2.24, 2.45) is 0 Å². The highest BCUT2D eigenvalue weighted by Gasteiger charge is 2.33. The predicted octanol–water partition coefficient (Wildman–Crippen LogP) is 1.48. The molecule has 0 amide bonds. The Morgan fingerprint density at radius 2 is 1.96 bits per heavy atom. The molecule has 2 N–H and O–H groups in total. The molecule has 140 valence electrons. The van der Waals surface area contributed by atoms with Crippen LogP contribution in [-0.2, 0) is 22.8 Å². The molecule has 4 rings (SSSR count). The van der Waals surface area contributed by atoms with Gasteiger partial charge in [0.05, 0.1) is 24.9 Å². The molecule has 1 heterocycles. The second-order valence-electron chi connectivity index (χ2n) is 8.63. The van der Waals surface area contributed by atoms with E-state index < -0.39 is 6.10 Å². The molecule has 1 fully saturated rings. The normalized spacial score (nSPS) is 26.3. The van der Waals surface area contributed by atoms with Crippen molar-refractivity contribution in [3.63, 3.8) is 0 Å². The zero-order valence-corrected chi connectivity index (χ0v) is 16.7. The van der Waals surface area contributed by atoms with Gasteiger partial charge in [-0.25, -0.2) is 0 Å². The lowest BCUT2D eigenvalue weighted by Gasteiger charge is -2.38. The zero-order chi connectivity index (χ0) is 19.2. The van der Waals surface area contributed by atoms with Gasteiger partial charge in [0, 0.05) is 17.9 Å². The van der Waals surface area contributed by atoms with Crippen molar-refractivity contribution >= 4 is 27.3 Å². The maximum atomic E-state index is 10.1. The first kappa shape index (κ1) is 19.1. The van der Waals surface area contributed by atoms with Gasteiger partial charge in [0.2, 0.25) is 0 Å². The van der Waals surface area contributed by atoms with Crippen molar-refractivity contribution in [3.8, 4) is 0 Å². The van der Waals surface area contributed by atoms with Gasteiger partial charge in [0.15, 0.2) is 0 Å². The zero-order valence-electron chi connectivity index (χ0n) is 15.9. The minimum Gasteiger partial charge on any atom is -0.394 e. The Morgan fingerprint density at radius 1 is 1.15 bits per heavy atom. The standard InChI is InChI=1S/C21H25B2ClO3/c22-21(23)10-15-6-12(1-3-18(15)21)5-14-7-13(2-4-19(14)24)20-9-16(26)8-17(11-25)27-20/h1-4,6-7,16-17,20,25-26H,5,8-11,22-23H2. The van der Waals surface area contributed by atoms with Gasteiger partial charge < -0.3 is 14.9 Å². The Balaban J connectivity index is 1.55. The number of ether oxygens (including phenoxy) is 1. The number of hydrogen-bond acceptors (Lipinski definition) is 3. The Kier molecular flexibility index (Phi) is 5.15. The van der Waals surface area contributed by atoms with E-state index in [1.807, 2.05) is 12.1 Å². The van der Waals surface area contributed by atoms with E-state index in [2.05, 4.69) is 40.0 Å². The van der Waals surface area contributed by atoms with Crippen molar-refractivity contribution in [2.45, 2.75) is 49.2 Å². The highest BCUT2D eigenvalue weighted by atomic mass is 35.5. The molecule has 2 aromatic carbocycles. The molecule has 0 saturated carbocycles. The molecule has 1 aliphatic carbocycles. The third kappa shape index (κ3) is 3.84. The number of aliphatic hydroxyl groups excluding tert-OH is 2. The summed E-state index contributed by atoms with van der Waals surface area (Å²) < 4.78 is 5.95. The average Bonchev–Trinajstić information content (AvgIpc) is 2.62. The van der Waals surface area contributed by atoms with E-state index >= 15 is 0 Å². The van der Waals surface area contributed by atoms with Gasteiger partial charge >= 0.3 is 0 Å². The van der Waals surface area contributed by atoms with Gasteiger partial charge in [0.25, 0.3) is 0 Å². The molecule has 3 nitrogen and oxygen atoms in total. The molecule has 3 unspecified atom stereocenters. The lowest BCUT2D eigenvalue weighted by Crippen LogP contribution is -2.39. The Bertz CT molecular complexity index is 855. The quantitative estimate of drug-likeness (QED) is 0.788. The molecule has 0 aromatic heterocycles. The minimum absolute atomic E-state index is 0.0700. The van der Waals surface area contributed by atoms with Crippen LogP contribution in [0.3, 0.4) is 0 Å². The van der Waals surface area contributed by atoms with Crippen LogP contribution in [0.4, 0.5) is 0 Å². The van der Waals surface area contributed by atoms with Gasteiger partial charge in [-0.2, -0.15) is 0 Å². The second-order valence-corrected chi connectivity index (χ2v) is 9.04. The van der Waals surface area contributed by atoms with Crippen molar-refractivity contribution in [3.05, 3.63) is 69.2 Å². The van der Waals surface area contributed by atoms with Crippen LogP contribution in [0.15, 0.2) is 36.4 Å². The summed E-state index contributed by atoms with van der Waals surface area (Å²) in [5, 5.41) is 20.5. The molecule has 1 aliphatic heterocycles. The molecule has 1 saturated heterocycles. The lowest BCUT2D eigenvalue weighted by molar-refractivity contribution is -0.113. The summed E-state index contributed by atoms with van der Waals surface area (Å²) in [6.07, 6.45) is 1.97. The summed E-state index contributed by atoms with van der Waals surface area (Å²) in [5.74, 6) is 0. The SMILES string of the molecule is BC1(B)Cc2cc(Cc3cc(C4CC(O)CC(CO)O4)ccc3Cl)ccc21. The van der Waals surface area contributed by atoms with E-state index in [9.17, 15) is 10.2 Å². The van der Waals surface area contributed by atoms with Crippen LogP contribution >= 0.6 is 11.6 Å². The van der Waals surface area contributed by atoms with E-state index in [4.69, 9.17) is 16.3 Å². The third-order valence-electron chi connectivity index (χ3n) is 5.95. The fraction of sp³-hybridized carbons (Fsp3) is 0.429. The lowest BCUT2D eigenvalue weighted by atomic mass is 9.42. The largest absolute Gasteiger partial charge is 0.394 e. The first-order valence-electron chi connectivity index (χ1n) is 9.71. The molecule has 6 heteroatoms. The van der Waals surface area contributed by atoms with E-state index in [1.165, 1.54) is 16.7 Å². The first-order chi connectivity index (χ1) is 12.9. The molecular weight excluding hydrogens is 357 g/mol. The number of fused-ring (bicyclic) bond motifs is 1. The van der Waals surface area contributed by atoms with E-state index in [0.29, 0.717) is 18.1 Å². The molecule has 2 aliphatic rings. The van der Waals surface area contributed by atoms with Gasteiger partial charge in [-0.15, -0.1) is 0 Å². The van der Waals surface area contributed by atoms with Crippen molar-refractivity contribution in [1.82, 2.24) is 0 Å². The van der Waals surface area contributed by atoms with Gasteiger partial charge in [-0.3, -0.25) is 0 Å². The molecule has 0 spiro atoms. The molecule has 2 aromatic rings. The summed E-state index contributed by atoms with van der Waals surface area (Å²) in [7, 11) is 4.57. The van der Waals surface area contributed by atoms with E-state index in [0.717, 1.165) is 29.0 Å². The number of hydrogen-bond donors (Lipinski definition) is 2. The maximum Gasteiger partial charge on any atom is 0.105 e. The van der Waals surface area contributed by atoms with Crippen LogP contribution in [0, 0.1) is 0 Å². The van der Waals surface area contributed by atoms with Crippen LogP contribution in [0.5, 0.6) is 0 Å². The first-order valence-corrected chi connectivity index (χ1v) is 10.1. The monoisotopic (exact) mass is 382 g/mol. The number of benzene rings is 2. The summed E-state index contributed by atoms with van der Waals surface area (Å²) >= 11 is 6.47. The molecule has 0 radical (unpaired) electrons. The Hall–Kier alpha value is -1.26. The number of halogens is 1. The topological polar surface area (TPSA) is 49.7 Å². The van der Waals surface area contributed by atoms with Crippen LogP contribution in [0.1, 0.15) is 46.8 Å². The minimum atomic E-state index is -0.448. The smallest absolute Gasteiger partial charge is 0.105 e. The highest BCUT2D eigenvalue weighted by Crippen LogP contribution is 2.38. The maximum absolute atomic E-state index is 10.1. The number of rotatable bonds is 4. The van der Waals surface area contributed by atoms with E-state index in [-0.39, 0.29) is 18.8 Å². The second kappa shape index (κ2) is 7.29. The summed E-state index contributed by atoms with van der Waals surface area (Å²) in [4.78, 5) is 0. The summed E-state index contributed by atoms with van der Waals surface area (Å²) in [6.45, 7) is -0.0700. The fourth-order valence-electron chi connectivity index (χ4n) is 4.50. The highest BCUT2D eigenvalue weighted by molar-refractivity contribution is 6.41. The van der Waals surface area contributed by atoms with Gasteiger partial charge in [0.1, 0.15) is 15.7 Å². The molecule has 3 atom stereocenters. The van der Waals surface area contributed by atoms with Crippen molar-refractivity contribution in [1.29, 1.82) is 0 Å². The molecular formula is C21H25B2ClO3. The summed E-state index contributed by atoms with van der Waals surface area (Å²) in [6, 6.07) is 12.7. The Morgan fingerprint density at radius 3 is 2.67 bits per heavy atom. The third-order valence-corrected chi connectivity index (χ3v) is 6.32. The van der Waals surface area contributed by atoms with Crippen molar-refractivity contribution in [2.75, 3.05) is 6.61 Å². The van der Waals surface area contributed by atoms with Crippen LogP contribution in [0.25, 0.3) is 0 Å². The fourth-order valence-corrected chi connectivity index (χ4v) is 4.69. The van der Waals surface area contributed by atoms with Crippen LogP contribution in [-0.4, -0.2) is 44.7 Å². The van der Waals surface area contributed by atoms with Gasteiger partial charge in [-0.05, 0) is 41.2 Å². The van der Waals surface area contributed by atoms with Gasteiger partial charge in [-0.1, -0.05) is 52.7 Å². The molecule has 27 heavy (non-hydrogen) atoms. The van der Waals surface area contributed by atoms with E-state index in [1.54, 1.807) is 0 Å². The Labute approximate surface area is 167 Å². The van der Waals surface area contributed by atoms with Crippen LogP contribution in [0.2, 0.25) is 5.02 Å². The predicted molar refractivity (Wildman–Crippen MR) is 113 cm³/mol. The number of aliphatic hydroxyl groups is 2.